The summed E-state index contributed by atoms with van der Waals surface area (Å²) in [5, 5.41) is 3.29. The highest BCUT2D eigenvalue weighted by Gasteiger charge is 2.17. The van der Waals surface area contributed by atoms with Crippen molar-refractivity contribution in [3.05, 3.63) is 24.3 Å². The highest BCUT2D eigenvalue weighted by molar-refractivity contribution is 7.89. The second kappa shape index (κ2) is 7.61. The lowest BCUT2D eigenvalue weighted by Crippen LogP contribution is -2.32. The molecule has 0 radical (unpaired) electrons. The van der Waals surface area contributed by atoms with Crippen molar-refractivity contribution in [2.75, 3.05) is 45.2 Å². The van der Waals surface area contributed by atoms with Gasteiger partial charge in [-0.1, -0.05) is 6.92 Å². The van der Waals surface area contributed by atoms with Crippen molar-refractivity contribution in [1.82, 2.24) is 9.62 Å². The minimum atomic E-state index is -3.34. The van der Waals surface area contributed by atoms with Gasteiger partial charge in [-0.05, 0) is 37.7 Å². The molecule has 0 amide bonds. The van der Waals surface area contributed by atoms with E-state index in [-0.39, 0.29) is 0 Å². The summed E-state index contributed by atoms with van der Waals surface area (Å²) in [5.41, 5.74) is 1.04. The van der Waals surface area contributed by atoms with Crippen LogP contribution in [0.25, 0.3) is 0 Å². The number of hydrogen-bond donors (Lipinski definition) is 1. The van der Waals surface area contributed by atoms with E-state index in [4.69, 9.17) is 0 Å². The number of rotatable bonds is 8. The third-order valence-corrected chi connectivity index (χ3v) is 5.00. The fourth-order valence-electron chi connectivity index (χ4n) is 1.90. The maximum Gasteiger partial charge on any atom is 0.242 e. The first kappa shape index (κ1) is 16.9. The Bertz CT molecular complexity index is 498. The van der Waals surface area contributed by atoms with Gasteiger partial charge in [0.1, 0.15) is 0 Å². The molecule has 5 nitrogen and oxygen atoms in total. The summed E-state index contributed by atoms with van der Waals surface area (Å²) in [4.78, 5) is 2.54. The summed E-state index contributed by atoms with van der Waals surface area (Å²) in [7, 11) is -0.265. The van der Waals surface area contributed by atoms with E-state index in [0.29, 0.717) is 4.90 Å². The Morgan fingerprint density at radius 1 is 1.10 bits per heavy atom. The fraction of sp³-hybridized carbons (Fsp3) is 0.571. The zero-order valence-corrected chi connectivity index (χ0v) is 13.6. The molecule has 0 aliphatic rings. The molecule has 0 aliphatic heterocycles. The van der Waals surface area contributed by atoms with Gasteiger partial charge >= 0.3 is 0 Å². The maximum atomic E-state index is 12.0. The average Bonchev–Trinajstić information content (AvgIpc) is 2.44. The van der Waals surface area contributed by atoms with E-state index >= 15 is 0 Å². The van der Waals surface area contributed by atoms with Crippen LogP contribution in [0, 0.1) is 0 Å². The van der Waals surface area contributed by atoms with Crippen LogP contribution in [-0.2, 0) is 10.0 Å². The summed E-state index contributed by atoms with van der Waals surface area (Å²) >= 11 is 0. The van der Waals surface area contributed by atoms with Crippen LogP contribution in [0.5, 0.6) is 0 Å². The first-order chi connectivity index (χ1) is 9.43. The van der Waals surface area contributed by atoms with Crippen molar-refractivity contribution in [3.63, 3.8) is 0 Å². The second-order valence-corrected chi connectivity index (χ2v) is 6.87. The molecule has 114 valence electrons. The van der Waals surface area contributed by atoms with Gasteiger partial charge < -0.3 is 10.2 Å². The Balaban J connectivity index is 2.84. The molecule has 0 atom stereocenters. The largest absolute Gasteiger partial charge is 0.371 e. The lowest BCUT2D eigenvalue weighted by Gasteiger charge is -2.23. The van der Waals surface area contributed by atoms with Gasteiger partial charge in [0, 0.05) is 39.4 Å². The number of likely N-dealkylation sites (N-methyl/N-ethyl adjacent to an activating group) is 2. The zero-order chi connectivity index (χ0) is 15.2. The first-order valence-electron chi connectivity index (χ1n) is 6.91. The van der Waals surface area contributed by atoms with Crippen LogP contribution in [0.2, 0.25) is 0 Å². The molecule has 0 unspecified atom stereocenters. The van der Waals surface area contributed by atoms with Gasteiger partial charge in [0.25, 0.3) is 0 Å². The van der Waals surface area contributed by atoms with Crippen molar-refractivity contribution in [2.24, 2.45) is 0 Å². The van der Waals surface area contributed by atoms with Gasteiger partial charge in [-0.15, -0.1) is 0 Å². The Labute approximate surface area is 122 Å². The molecule has 0 aromatic heterocycles. The Morgan fingerprint density at radius 2 is 1.70 bits per heavy atom. The van der Waals surface area contributed by atoms with E-state index in [1.54, 1.807) is 12.1 Å². The normalized spacial score (nSPS) is 11.8. The quantitative estimate of drug-likeness (QED) is 0.737. The van der Waals surface area contributed by atoms with Crippen LogP contribution in [0.15, 0.2) is 29.2 Å². The minimum Gasteiger partial charge on any atom is -0.371 e. The maximum absolute atomic E-state index is 12.0. The summed E-state index contributed by atoms with van der Waals surface area (Å²) in [6.07, 6.45) is 0. The number of nitrogens with one attached hydrogen (secondary N) is 1. The van der Waals surface area contributed by atoms with E-state index in [9.17, 15) is 8.42 Å². The van der Waals surface area contributed by atoms with Crippen LogP contribution < -0.4 is 10.2 Å². The van der Waals surface area contributed by atoms with Gasteiger partial charge in [0.15, 0.2) is 0 Å². The minimum absolute atomic E-state index is 0.328. The number of sulfonamides is 1. The standard InChI is InChI=1S/C14H25N3O2S/c1-5-15-11-12-17(6-2)13-7-9-14(10-8-13)20(18,19)16(3)4/h7-10,15H,5-6,11-12H2,1-4H3. The molecule has 1 aromatic rings. The van der Waals surface area contributed by atoms with E-state index < -0.39 is 10.0 Å². The molecular weight excluding hydrogens is 274 g/mol. The predicted molar refractivity (Wildman–Crippen MR) is 83.7 cm³/mol. The van der Waals surface area contributed by atoms with Crippen molar-refractivity contribution < 1.29 is 8.42 Å². The average molecular weight is 299 g/mol. The monoisotopic (exact) mass is 299 g/mol. The molecule has 1 N–H and O–H groups in total. The van der Waals surface area contributed by atoms with Crippen LogP contribution in [0.3, 0.4) is 0 Å². The van der Waals surface area contributed by atoms with Crippen LogP contribution >= 0.6 is 0 Å². The molecule has 6 heteroatoms. The molecule has 20 heavy (non-hydrogen) atoms. The summed E-state index contributed by atoms with van der Waals surface area (Å²) in [5.74, 6) is 0. The molecule has 0 heterocycles. The summed E-state index contributed by atoms with van der Waals surface area (Å²) in [6, 6.07) is 7.07. The fourth-order valence-corrected chi connectivity index (χ4v) is 2.80. The van der Waals surface area contributed by atoms with E-state index in [0.717, 1.165) is 31.9 Å². The Hall–Kier alpha value is -1.11. The van der Waals surface area contributed by atoms with Gasteiger partial charge in [-0.25, -0.2) is 12.7 Å². The lowest BCUT2D eigenvalue weighted by atomic mass is 10.3. The highest BCUT2D eigenvalue weighted by Crippen LogP contribution is 2.19. The van der Waals surface area contributed by atoms with Crippen molar-refractivity contribution >= 4 is 15.7 Å². The van der Waals surface area contributed by atoms with E-state index in [2.05, 4.69) is 24.1 Å². The SMILES string of the molecule is CCNCCN(CC)c1ccc(S(=O)(=O)N(C)C)cc1. The molecule has 0 saturated heterocycles. The van der Waals surface area contributed by atoms with Crippen molar-refractivity contribution in [1.29, 1.82) is 0 Å². The van der Waals surface area contributed by atoms with Crippen molar-refractivity contribution in [3.8, 4) is 0 Å². The Kier molecular flexibility index (Phi) is 6.45. The van der Waals surface area contributed by atoms with Crippen LogP contribution in [0.1, 0.15) is 13.8 Å². The van der Waals surface area contributed by atoms with Crippen LogP contribution in [0.4, 0.5) is 5.69 Å². The topological polar surface area (TPSA) is 52.7 Å². The van der Waals surface area contributed by atoms with E-state index in [1.165, 1.54) is 18.4 Å². The molecular formula is C14H25N3O2S. The van der Waals surface area contributed by atoms with Gasteiger partial charge in [0.2, 0.25) is 10.0 Å². The first-order valence-corrected chi connectivity index (χ1v) is 8.35. The molecule has 0 aliphatic carbocycles. The van der Waals surface area contributed by atoms with E-state index in [1.807, 2.05) is 12.1 Å². The number of benzene rings is 1. The molecule has 0 bridgehead atoms. The molecule has 0 saturated carbocycles. The third-order valence-electron chi connectivity index (χ3n) is 3.17. The zero-order valence-electron chi connectivity index (χ0n) is 12.8. The number of hydrogen-bond acceptors (Lipinski definition) is 4. The van der Waals surface area contributed by atoms with Gasteiger partial charge in [-0.3, -0.25) is 0 Å². The Morgan fingerprint density at radius 3 is 2.15 bits per heavy atom. The lowest BCUT2D eigenvalue weighted by molar-refractivity contribution is 0.521. The molecule has 0 fully saturated rings. The van der Waals surface area contributed by atoms with Crippen LogP contribution in [-0.4, -0.2) is 53.0 Å². The summed E-state index contributed by atoms with van der Waals surface area (Å²) < 4.78 is 25.2. The molecule has 1 aromatic carbocycles. The number of anilines is 1. The number of nitrogens with zero attached hydrogens (tertiary/aromatic N) is 2. The second-order valence-electron chi connectivity index (χ2n) is 4.71. The summed E-state index contributed by atoms with van der Waals surface area (Å²) in [6.45, 7) is 7.85. The third kappa shape index (κ3) is 4.19. The predicted octanol–water partition coefficient (Wildman–Crippen LogP) is 1.37. The molecule has 0 spiro atoms. The molecule has 1 rings (SSSR count). The van der Waals surface area contributed by atoms with Gasteiger partial charge in [0.05, 0.1) is 4.90 Å². The van der Waals surface area contributed by atoms with Crippen molar-refractivity contribution in [2.45, 2.75) is 18.7 Å². The highest BCUT2D eigenvalue weighted by atomic mass is 32.2. The smallest absolute Gasteiger partial charge is 0.242 e. The van der Waals surface area contributed by atoms with Gasteiger partial charge in [-0.2, -0.15) is 0 Å².